The lowest BCUT2D eigenvalue weighted by atomic mass is 9.85. The lowest BCUT2D eigenvalue weighted by Gasteiger charge is -2.32. The zero-order valence-corrected chi connectivity index (χ0v) is 17.6. The number of carbonyl (C=O) groups excluding carboxylic acids is 2. The van der Waals surface area contributed by atoms with Crippen molar-refractivity contribution in [1.82, 2.24) is 0 Å². The fourth-order valence-corrected chi connectivity index (χ4v) is 4.58. The first-order chi connectivity index (χ1) is 14.3. The van der Waals surface area contributed by atoms with Crippen LogP contribution in [0.4, 0.5) is 0 Å². The summed E-state index contributed by atoms with van der Waals surface area (Å²) < 4.78 is 41.1. The predicted octanol–water partition coefficient (Wildman–Crippen LogP) is 3.27. The topological polar surface area (TPSA) is 96.0 Å². The van der Waals surface area contributed by atoms with Crippen LogP contribution in [0.2, 0.25) is 0 Å². The zero-order valence-electron chi connectivity index (χ0n) is 16.8. The second kappa shape index (κ2) is 9.40. The largest absolute Gasteiger partial charge is 0.469 e. The Balaban J connectivity index is 1.75. The highest BCUT2D eigenvalue weighted by Crippen LogP contribution is 2.32. The highest BCUT2D eigenvalue weighted by atomic mass is 32.2. The van der Waals surface area contributed by atoms with Crippen LogP contribution in [0.5, 0.6) is 0 Å². The molecule has 0 unspecified atom stereocenters. The van der Waals surface area contributed by atoms with Crippen molar-refractivity contribution >= 4 is 22.1 Å². The molecule has 160 valence electrons. The normalized spacial score (nSPS) is 21.6. The maximum absolute atomic E-state index is 12.7. The summed E-state index contributed by atoms with van der Waals surface area (Å²) in [7, 11) is -2.76. The molecule has 30 heavy (non-hydrogen) atoms. The molecular weight excluding hydrogens is 408 g/mol. The Bertz CT molecular complexity index is 984. The van der Waals surface area contributed by atoms with Crippen molar-refractivity contribution in [2.75, 3.05) is 7.11 Å². The lowest BCUT2D eigenvalue weighted by molar-refractivity contribution is -0.149. The van der Waals surface area contributed by atoms with Gasteiger partial charge in [0.05, 0.1) is 29.6 Å². The zero-order chi connectivity index (χ0) is 21.7. The summed E-state index contributed by atoms with van der Waals surface area (Å²) in [6, 6.07) is 14.8. The monoisotopic (exact) mass is 432 g/mol. The molecule has 1 aliphatic rings. The van der Waals surface area contributed by atoms with E-state index >= 15 is 0 Å². The van der Waals surface area contributed by atoms with E-state index in [9.17, 15) is 18.0 Å². The molecule has 3 atom stereocenters. The fraction of sp³-hybridized carbons (Fsp3) is 0.364. The van der Waals surface area contributed by atoms with Crippen molar-refractivity contribution in [3.63, 3.8) is 0 Å². The average Bonchev–Trinajstić information content (AvgIpc) is 2.73. The van der Waals surface area contributed by atoms with Crippen LogP contribution in [0.1, 0.15) is 35.2 Å². The van der Waals surface area contributed by atoms with E-state index in [1.54, 1.807) is 42.5 Å². The molecule has 0 radical (unpaired) electrons. The number of hydrogen-bond acceptors (Lipinski definition) is 7. The molecule has 2 aromatic rings. The Hall–Kier alpha value is -2.71. The molecule has 2 aromatic carbocycles. The molecule has 0 spiro atoms. The van der Waals surface area contributed by atoms with Gasteiger partial charge in [0.15, 0.2) is 0 Å². The van der Waals surface area contributed by atoms with Gasteiger partial charge in [-0.1, -0.05) is 35.9 Å². The van der Waals surface area contributed by atoms with Gasteiger partial charge >= 0.3 is 11.9 Å². The first kappa shape index (κ1) is 22.0. The highest BCUT2D eigenvalue weighted by Gasteiger charge is 2.38. The Morgan fingerprint density at radius 2 is 1.53 bits per heavy atom. The van der Waals surface area contributed by atoms with E-state index in [0.717, 1.165) is 5.56 Å². The Morgan fingerprint density at radius 1 is 0.900 bits per heavy atom. The second-order valence-corrected chi connectivity index (χ2v) is 8.88. The lowest BCUT2D eigenvalue weighted by Crippen LogP contribution is -2.38. The number of methoxy groups -OCH3 is 1. The molecule has 1 fully saturated rings. The highest BCUT2D eigenvalue weighted by molar-refractivity contribution is 7.86. The number of hydrogen-bond donors (Lipinski definition) is 0. The van der Waals surface area contributed by atoms with Crippen LogP contribution in [-0.4, -0.2) is 39.7 Å². The SMILES string of the molecule is COC(=O)[C@@H]1C[C@@H](OC(=O)c2ccccc2)C[C@H](OS(=O)(=O)c2ccc(C)cc2)C1. The van der Waals surface area contributed by atoms with Crippen LogP contribution in [0, 0.1) is 12.8 Å². The summed E-state index contributed by atoms with van der Waals surface area (Å²) in [5, 5.41) is 0. The summed E-state index contributed by atoms with van der Waals surface area (Å²) in [6.07, 6.45) is -0.916. The smallest absolute Gasteiger partial charge is 0.338 e. The average molecular weight is 432 g/mol. The van der Waals surface area contributed by atoms with Gasteiger partial charge in [-0.25, -0.2) is 4.79 Å². The summed E-state index contributed by atoms with van der Waals surface area (Å²) >= 11 is 0. The van der Waals surface area contributed by atoms with E-state index < -0.39 is 40.2 Å². The number of rotatable bonds is 6. The maximum atomic E-state index is 12.7. The van der Waals surface area contributed by atoms with Gasteiger partial charge in [0.2, 0.25) is 0 Å². The van der Waals surface area contributed by atoms with Crippen LogP contribution >= 0.6 is 0 Å². The first-order valence-corrected chi connectivity index (χ1v) is 11.0. The summed E-state index contributed by atoms with van der Waals surface area (Å²) in [5.74, 6) is -1.65. The Kier molecular flexibility index (Phi) is 6.89. The van der Waals surface area contributed by atoms with E-state index in [-0.39, 0.29) is 24.2 Å². The quantitative estimate of drug-likeness (QED) is 0.511. The molecule has 1 aliphatic carbocycles. The van der Waals surface area contributed by atoms with Gasteiger partial charge in [-0.2, -0.15) is 8.42 Å². The summed E-state index contributed by atoms with van der Waals surface area (Å²) in [4.78, 5) is 24.6. The molecule has 0 amide bonds. The molecule has 1 saturated carbocycles. The van der Waals surface area contributed by atoms with Gasteiger partial charge in [0.25, 0.3) is 10.1 Å². The van der Waals surface area contributed by atoms with Crippen LogP contribution in [0.15, 0.2) is 59.5 Å². The van der Waals surface area contributed by atoms with Crippen molar-refractivity contribution in [3.8, 4) is 0 Å². The molecule has 0 heterocycles. The molecule has 0 saturated heterocycles. The second-order valence-electron chi connectivity index (χ2n) is 7.31. The van der Waals surface area contributed by atoms with Gasteiger partial charge in [-0.15, -0.1) is 0 Å². The van der Waals surface area contributed by atoms with Crippen LogP contribution < -0.4 is 0 Å². The Morgan fingerprint density at radius 3 is 2.17 bits per heavy atom. The van der Waals surface area contributed by atoms with Crippen LogP contribution in [-0.2, 0) is 28.6 Å². The third kappa shape index (κ3) is 5.46. The summed E-state index contributed by atoms with van der Waals surface area (Å²) in [5.41, 5.74) is 1.30. The van der Waals surface area contributed by atoms with Crippen molar-refractivity contribution in [2.45, 2.75) is 43.3 Å². The Labute approximate surface area is 176 Å². The van der Waals surface area contributed by atoms with Gasteiger partial charge in [-0.3, -0.25) is 8.98 Å². The number of aryl methyl sites for hydroxylation is 1. The minimum absolute atomic E-state index is 0.0334. The van der Waals surface area contributed by atoms with Crippen LogP contribution in [0.25, 0.3) is 0 Å². The minimum Gasteiger partial charge on any atom is -0.469 e. The molecule has 3 rings (SSSR count). The number of carbonyl (C=O) groups is 2. The third-order valence-electron chi connectivity index (χ3n) is 5.01. The van der Waals surface area contributed by atoms with E-state index in [2.05, 4.69) is 0 Å². The maximum Gasteiger partial charge on any atom is 0.338 e. The van der Waals surface area contributed by atoms with Crippen molar-refractivity contribution < 1.29 is 31.7 Å². The number of esters is 2. The third-order valence-corrected chi connectivity index (χ3v) is 6.39. The molecule has 8 heteroatoms. The van der Waals surface area contributed by atoms with E-state index in [1.165, 1.54) is 19.2 Å². The van der Waals surface area contributed by atoms with Crippen molar-refractivity contribution in [1.29, 1.82) is 0 Å². The molecule has 7 nitrogen and oxygen atoms in total. The minimum atomic E-state index is -4.03. The number of ether oxygens (including phenoxy) is 2. The van der Waals surface area contributed by atoms with Crippen LogP contribution in [0.3, 0.4) is 0 Å². The van der Waals surface area contributed by atoms with Crippen molar-refractivity contribution in [3.05, 3.63) is 65.7 Å². The standard InChI is InChI=1S/C22H24O7S/c1-15-8-10-20(11-9-15)30(25,26)29-19-13-17(21(23)27-2)12-18(14-19)28-22(24)16-6-4-3-5-7-16/h3-11,17-19H,12-14H2,1-2H3/t17-,18-,19-/m1/s1. The van der Waals surface area contributed by atoms with Gasteiger partial charge in [-0.05, 0) is 44.0 Å². The molecule has 0 aromatic heterocycles. The fourth-order valence-electron chi connectivity index (χ4n) is 3.48. The van der Waals surface area contributed by atoms with Gasteiger partial charge < -0.3 is 9.47 Å². The van der Waals surface area contributed by atoms with E-state index in [0.29, 0.717) is 5.56 Å². The predicted molar refractivity (Wildman–Crippen MR) is 108 cm³/mol. The number of benzene rings is 2. The molecule has 0 aliphatic heterocycles. The van der Waals surface area contributed by atoms with E-state index in [1.807, 2.05) is 6.92 Å². The van der Waals surface area contributed by atoms with E-state index in [4.69, 9.17) is 13.7 Å². The van der Waals surface area contributed by atoms with Gasteiger partial charge in [0, 0.05) is 6.42 Å². The molecular formula is C22H24O7S. The first-order valence-electron chi connectivity index (χ1n) is 9.62. The summed E-state index contributed by atoms with van der Waals surface area (Å²) in [6.45, 7) is 1.85. The van der Waals surface area contributed by atoms with Gasteiger partial charge in [0.1, 0.15) is 6.10 Å². The molecule has 0 bridgehead atoms. The molecule has 0 N–H and O–H groups in total. The van der Waals surface area contributed by atoms with Crippen molar-refractivity contribution in [2.24, 2.45) is 5.92 Å².